The van der Waals surface area contributed by atoms with Gasteiger partial charge in [0, 0.05) is 12.6 Å². The second kappa shape index (κ2) is 10.4. The van der Waals surface area contributed by atoms with Crippen molar-refractivity contribution in [2.75, 3.05) is 26.4 Å². The molecule has 0 amide bonds. The fraction of sp³-hybridized carbons (Fsp3) is 0.400. The lowest BCUT2D eigenvalue weighted by molar-refractivity contribution is -0.0215. The summed E-state index contributed by atoms with van der Waals surface area (Å²) in [6.07, 6.45) is -0.721. The number of rotatable bonds is 8. The standard InChI is InChI=1S/C20H25NO4.ClH/c1-15(16-7-3-2-4-8-16)21-11-17(22)12-23-13-18-14-24-19-9-5-6-10-20(19)25-18;/h2-10,15,17-18,21-22H,11-14H2,1H3;1H. The lowest BCUT2D eigenvalue weighted by Crippen LogP contribution is -2.36. The van der Waals surface area contributed by atoms with Crippen molar-refractivity contribution >= 4 is 12.4 Å². The van der Waals surface area contributed by atoms with Crippen LogP contribution in [0.2, 0.25) is 0 Å². The summed E-state index contributed by atoms with van der Waals surface area (Å²) in [5.74, 6) is 1.50. The highest BCUT2D eigenvalue weighted by Crippen LogP contribution is 2.30. The van der Waals surface area contributed by atoms with Gasteiger partial charge in [0.2, 0.25) is 0 Å². The molecule has 0 saturated carbocycles. The molecule has 2 N–H and O–H groups in total. The van der Waals surface area contributed by atoms with E-state index in [9.17, 15) is 5.11 Å². The number of aliphatic hydroxyl groups is 1. The van der Waals surface area contributed by atoms with E-state index in [0.717, 1.165) is 11.5 Å². The molecular formula is C20H26ClNO4. The molecule has 0 radical (unpaired) electrons. The summed E-state index contributed by atoms with van der Waals surface area (Å²) in [6, 6.07) is 17.9. The zero-order valence-corrected chi connectivity index (χ0v) is 15.7. The van der Waals surface area contributed by atoms with Crippen molar-refractivity contribution in [3.05, 3.63) is 60.2 Å². The molecule has 3 unspecified atom stereocenters. The molecule has 1 aliphatic heterocycles. The summed E-state index contributed by atoms with van der Waals surface area (Å²) in [5, 5.41) is 13.4. The molecule has 2 aromatic carbocycles. The Balaban J connectivity index is 0.00000243. The van der Waals surface area contributed by atoms with Gasteiger partial charge in [-0.25, -0.2) is 0 Å². The van der Waals surface area contributed by atoms with Gasteiger partial charge in [0.15, 0.2) is 17.6 Å². The minimum atomic E-state index is -0.567. The SMILES string of the molecule is CC(NCC(O)COCC1COc2ccccc2O1)c1ccccc1.Cl. The van der Waals surface area contributed by atoms with Crippen molar-refractivity contribution in [3.8, 4) is 11.5 Å². The molecular weight excluding hydrogens is 354 g/mol. The van der Waals surface area contributed by atoms with Gasteiger partial charge in [-0.05, 0) is 24.6 Å². The molecule has 0 fully saturated rings. The van der Waals surface area contributed by atoms with Crippen LogP contribution < -0.4 is 14.8 Å². The van der Waals surface area contributed by atoms with Crippen molar-refractivity contribution in [2.24, 2.45) is 0 Å². The van der Waals surface area contributed by atoms with Gasteiger partial charge in [0.25, 0.3) is 0 Å². The number of fused-ring (bicyclic) bond motifs is 1. The Labute approximate surface area is 160 Å². The van der Waals surface area contributed by atoms with Crippen molar-refractivity contribution in [1.29, 1.82) is 0 Å². The maximum Gasteiger partial charge on any atom is 0.161 e. The van der Waals surface area contributed by atoms with Gasteiger partial charge >= 0.3 is 0 Å². The van der Waals surface area contributed by atoms with E-state index in [1.54, 1.807) is 0 Å². The highest BCUT2D eigenvalue weighted by Gasteiger charge is 2.21. The van der Waals surface area contributed by atoms with E-state index in [4.69, 9.17) is 14.2 Å². The zero-order chi connectivity index (χ0) is 17.5. The number of nitrogens with one attached hydrogen (secondary N) is 1. The van der Waals surface area contributed by atoms with Crippen LogP contribution in [0.3, 0.4) is 0 Å². The molecule has 3 atom stereocenters. The summed E-state index contributed by atoms with van der Waals surface area (Å²) in [4.78, 5) is 0. The molecule has 3 rings (SSSR count). The highest BCUT2D eigenvalue weighted by molar-refractivity contribution is 5.85. The smallest absolute Gasteiger partial charge is 0.161 e. The third-order valence-corrected chi connectivity index (χ3v) is 4.14. The number of hydrogen-bond donors (Lipinski definition) is 2. The average molecular weight is 380 g/mol. The molecule has 142 valence electrons. The van der Waals surface area contributed by atoms with Gasteiger partial charge in [0.1, 0.15) is 6.61 Å². The van der Waals surface area contributed by atoms with Crippen LogP contribution >= 0.6 is 12.4 Å². The Morgan fingerprint density at radius 3 is 2.58 bits per heavy atom. The third-order valence-electron chi connectivity index (χ3n) is 4.14. The number of halogens is 1. The molecule has 0 spiro atoms. The molecule has 0 saturated heterocycles. The van der Waals surface area contributed by atoms with Crippen molar-refractivity contribution < 1.29 is 19.3 Å². The van der Waals surface area contributed by atoms with Gasteiger partial charge in [-0.2, -0.15) is 0 Å². The van der Waals surface area contributed by atoms with Gasteiger partial charge < -0.3 is 24.6 Å². The van der Waals surface area contributed by atoms with E-state index < -0.39 is 6.10 Å². The molecule has 26 heavy (non-hydrogen) atoms. The molecule has 0 bridgehead atoms. The molecule has 6 heteroatoms. The quantitative estimate of drug-likeness (QED) is 0.738. The van der Waals surface area contributed by atoms with E-state index in [1.165, 1.54) is 5.56 Å². The second-order valence-electron chi connectivity index (χ2n) is 6.23. The Morgan fingerprint density at radius 1 is 1.12 bits per heavy atom. The molecule has 0 aromatic heterocycles. The van der Waals surface area contributed by atoms with E-state index in [0.29, 0.717) is 19.8 Å². The maximum atomic E-state index is 10.1. The van der Waals surface area contributed by atoms with E-state index in [-0.39, 0.29) is 31.2 Å². The maximum absolute atomic E-state index is 10.1. The first-order chi connectivity index (χ1) is 12.2. The van der Waals surface area contributed by atoms with Crippen LogP contribution in [0.1, 0.15) is 18.5 Å². The van der Waals surface area contributed by atoms with E-state index >= 15 is 0 Å². The van der Waals surface area contributed by atoms with Crippen molar-refractivity contribution in [3.63, 3.8) is 0 Å². The minimum absolute atomic E-state index is 0. The second-order valence-corrected chi connectivity index (χ2v) is 6.23. The normalized spacial score (nSPS) is 17.8. The van der Waals surface area contributed by atoms with Crippen LogP contribution in [0.4, 0.5) is 0 Å². The predicted octanol–water partition coefficient (Wildman–Crippen LogP) is 2.98. The summed E-state index contributed by atoms with van der Waals surface area (Å²) in [6.45, 7) is 3.65. The Morgan fingerprint density at radius 2 is 1.81 bits per heavy atom. The first-order valence-electron chi connectivity index (χ1n) is 8.65. The highest BCUT2D eigenvalue weighted by atomic mass is 35.5. The van der Waals surface area contributed by atoms with Gasteiger partial charge in [0.05, 0.1) is 19.3 Å². The van der Waals surface area contributed by atoms with Crippen LogP contribution in [0.15, 0.2) is 54.6 Å². The van der Waals surface area contributed by atoms with Crippen LogP contribution in [0.5, 0.6) is 11.5 Å². The lowest BCUT2D eigenvalue weighted by Gasteiger charge is -2.26. The lowest BCUT2D eigenvalue weighted by atomic mass is 10.1. The Hall–Kier alpha value is -1.79. The molecule has 1 aliphatic rings. The number of para-hydroxylation sites is 2. The Bertz CT molecular complexity index is 655. The van der Waals surface area contributed by atoms with Gasteiger partial charge in [-0.15, -0.1) is 12.4 Å². The zero-order valence-electron chi connectivity index (χ0n) is 14.8. The first kappa shape index (κ1) is 20.5. The number of ether oxygens (including phenoxy) is 3. The van der Waals surface area contributed by atoms with Crippen molar-refractivity contribution in [2.45, 2.75) is 25.2 Å². The topological polar surface area (TPSA) is 60.0 Å². The summed E-state index contributed by atoms with van der Waals surface area (Å²) >= 11 is 0. The molecule has 1 heterocycles. The van der Waals surface area contributed by atoms with E-state index in [1.807, 2.05) is 42.5 Å². The summed E-state index contributed by atoms with van der Waals surface area (Å²) in [5.41, 5.74) is 1.20. The van der Waals surface area contributed by atoms with Crippen LogP contribution in [0.25, 0.3) is 0 Å². The monoisotopic (exact) mass is 379 g/mol. The first-order valence-corrected chi connectivity index (χ1v) is 8.65. The number of benzene rings is 2. The minimum Gasteiger partial charge on any atom is -0.486 e. The summed E-state index contributed by atoms with van der Waals surface area (Å²) in [7, 11) is 0. The average Bonchev–Trinajstić information content (AvgIpc) is 2.66. The van der Waals surface area contributed by atoms with Gasteiger partial charge in [-0.1, -0.05) is 42.5 Å². The number of aliphatic hydroxyl groups excluding tert-OH is 1. The number of hydrogen-bond acceptors (Lipinski definition) is 5. The van der Waals surface area contributed by atoms with E-state index in [2.05, 4.69) is 24.4 Å². The Kier molecular flexibility index (Phi) is 8.19. The molecule has 2 aromatic rings. The van der Waals surface area contributed by atoms with Crippen LogP contribution in [0, 0.1) is 0 Å². The molecule has 5 nitrogen and oxygen atoms in total. The van der Waals surface area contributed by atoms with Crippen LogP contribution in [-0.4, -0.2) is 43.7 Å². The van der Waals surface area contributed by atoms with Crippen molar-refractivity contribution in [1.82, 2.24) is 5.32 Å². The fourth-order valence-electron chi connectivity index (χ4n) is 2.71. The summed E-state index contributed by atoms with van der Waals surface area (Å²) < 4.78 is 17.1. The molecule has 0 aliphatic carbocycles. The fourth-order valence-corrected chi connectivity index (χ4v) is 2.71. The largest absolute Gasteiger partial charge is 0.486 e. The third kappa shape index (κ3) is 5.88. The van der Waals surface area contributed by atoms with Crippen LogP contribution in [-0.2, 0) is 4.74 Å². The van der Waals surface area contributed by atoms with Gasteiger partial charge in [-0.3, -0.25) is 0 Å². The predicted molar refractivity (Wildman–Crippen MR) is 103 cm³/mol.